The van der Waals surface area contributed by atoms with Crippen LogP contribution in [0.2, 0.25) is 0 Å². The van der Waals surface area contributed by atoms with Gasteiger partial charge in [0.1, 0.15) is 10.6 Å². The third-order valence-corrected chi connectivity index (χ3v) is 9.46. The quantitative estimate of drug-likeness (QED) is 0.390. The monoisotopic (exact) mass is 558 g/mol. The first-order chi connectivity index (χ1) is 18.1. The van der Waals surface area contributed by atoms with Crippen LogP contribution in [0.25, 0.3) is 0 Å². The van der Waals surface area contributed by atoms with Crippen LogP contribution in [-0.2, 0) is 20.0 Å². The molecule has 0 amide bonds. The van der Waals surface area contributed by atoms with Crippen molar-refractivity contribution in [3.05, 3.63) is 78.4 Å². The van der Waals surface area contributed by atoms with E-state index in [-0.39, 0.29) is 16.3 Å². The van der Waals surface area contributed by atoms with E-state index in [2.05, 4.69) is 14.3 Å². The summed E-state index contributed by atoms with van der Waals surface area (Å²) in [6, 6.07) is 21.3. The van der Waals surface area contributed by atoms with Crippen molar-refractivity contribution < 1.29 is 21.6 Å². The van der Waals surface area contributed by atoms with Crippen molar-refractivity contribution in [2.75, 3.05) is 53.6 Å². The summed E-state index contributed by atoms with van der Waals surface area (Å²) in [5.74, 6) is 0.668. The molecule has 2 N–H and O–H groups in total. The first-order valence-corrected chi connectivity index (χ1v) is 15.6. The Balaban J connectivity index is 1.64. The summed E-state index contributed by atoms with van der Waals surface area (Å²) < 4.78 is 62.5. The molecule has 38 heavy (non-hydrogen) atoms. The maximum Gasteiger partial charge on any atom is 0.243 e. The third kappa shape index (κ3) is 6.40. The van der Waals surface area contributed by atoms with Crippen LogP contribution in [0.4, 0.5) is 17.1 Å². The minimum absolute atomic E-state index is 0.0299. The Labute approximate surface area is 225 Å². The molecular formula is C27H34N4O5S2. The van der Waals surface area contributed by atoms with Gasteiger partial charge >= 0.3 is 0 Å². The molecule has 0 radical (unpaired) electrons. The molecule has 11 heteroatoms. The second-order valence-corrected chi connectivity index (χ2v) is 12.8. The number of anilines is 3. The van der Waals surface area contributed by atoms with Crippen LogP contribution in [0.3, 0.4) is 0 Å². The van der Waals surface area contributed by atoms with Gasteiger partial charge in [0.05, 0.1) is 24.2 Å². The Kier molecular flexibility index (Phi) is 8.49. The topological polar surface area (TPSA) is 108 Å². The van der Waals surface area contributed by atoms with Crippen LogP contribution in [0.15, 0.2) is 77.7 Å². The lowest BCUT2D eigenvalue weighted by atomic mass is 10.1. The van der Waals surface area contributed by atoms with E-state index in [0.717, 1.165) is 17.0 Å². The second-order valence-electron chi connectivity index (χ2n) is 9.09. The maximum atomic E-state index is 13.7. The van der Waals surface area contributed by atoms with Crippen molar-refractivity contribution in [1.29, 1.82) is 0 Å². The number of ether oxygens (including phenoxy) is 1. The average molecular weight is 559 g/mol. The van der Waals surface area contributed by atoms with Crippen LogP contribution in [-0.4, -0.2) is 55.9 Å². The molecule has 1 unspecified atom stereocenters. The highest BCUT2D eigenvalue weighted by Crippen LogP contribution is 2.33. The van der Waals surface area contributed by atoms with E-state index in [0.29, 0.717) is 31.9 Å². The van der Waals surface area contributed by atoms with Crippen molar-refractivity contribution in [3.63, 3.8) is 0 Å². The van der Waals surface area contributed by atoms with Crippen LogP contribution in [0.1, 0.15) is 25.5 Å². The van der Waals surface area contributed by atoms with Gasteiger partial charge in [-0.2, -0.15) is 0 Å². The zero-order chi connectivity index (χ0) is 27.3. The average Bonchev–Trinajstić information content (AvgIpc) is 2.93. The Morgan fingerprint density at radius 2 is 1.45 bits per heavy atom. The van der Waals surface area contributed by atoms with Crippen molar-refractivity contribution >= 4 is 37.1 Å². The molecule has 1 saturated heterocycles. The number of benzene rings is 3. The second kappa shape index (κ2) is 11.6. The van der Waals surface area contributed by atoms with E-state index in [1.165, 1.54) is 13.0 Å². The number of hydrogen-bond acceptors (Lipinski definition) is 7. The highest BCUT2D eigenvalue weighted by molar-refractivity contribution is 7.92. The van der Waals surface area contributed by atoms with E-state index >= 15 is 0 Å². The first-order valence-electron chi connectivity index (χ1n) is 12.5. The Hall–Kier alpha value is -3.28. The summed E-state index contributed by atoms with van der Waals surface area (Å²) in [6.07, 6.45) is 0. The zero-order valence-electron chi connectivity index (χ0n) is 21.8. The molecule has 0 aliphatic carbocycles. The Bertz CT molecular complexity index is 1460. The van der Waals surface area contributed by atoms with Crippen LogP contribution < -0.4 is 24.0 Å². The van der Waals surface area contributed by atoms with Gasteiger partial charge in [-0.3, -0.25) is 4.72 Å². The molecule has 0 saturated carbocycles. The largest absolute Gasteiger partial charge is 0.495 e. The molecule has 204 valence electrons. The molecule has 9 nitrogen and oxygen atoms in total. The third-order valence-electron chi connectivity index (χ3n) is 6.58. The Morgan fingerprint density at radius 1 is 0.842 bits per heavy atom. The van der Waals surface area contributed by atoms with Gasteiger partial charge in [0.2, 0.25) is 20.0 Å². The summed E-state index contributed by atoms with van der Waals surface area (Å²) in [7, 11) is -5.95. The molecule has 1 atom stereocenters. The summed E-state index contributed by atoms with van der Waals surface area (Å²) in [4.78, 5) is 4.26. The lowest BCUT2D eigenvalue weighted by Gasteiger charge is -2.38. The van der Waals surface area contributed by atoms with Crippen LogP contribution >= 0.6 is 0 Å². The predicted octanol–water partition coefficient (Wildman–Crippen LogP) is 3.82. The molecule has 1 aliphatic rings. The van der Waals surface area contributed by atoms with Gasteiger partial charge in [0, 0.05) is 37.9 Å². The van der Waals surface area contributed by atoms with E-state index in [1.807, 2.05) is 59.5 Å². The standard InChI is InChI=1S/C27H34N4O5S2/c1-4-37(32,33)29-23-14-15-25(27(20-23)38(34,35)28-21(2)22-10-6-5-7-11-22)31-18-16-30(17-19-31)24-12-8-9-13-26(24)36-3/h5-15,20-21,28-29H,4,16-19H2,1-3H3. The summed E-state index contributed by atoms with van der Waals surface area (Å²) in [5, 5.41) is 0. The van der Waals surface area contributed by atoms with Crippen molar-refractivity contribution in [2.24, 2.45) is 0 Å². The highest BCUT2D eigenvalue weighted by Gasteiger charge is 2.28. The van der Waals surface area contributed by atoms with E-state index < -0.39 is 26.1 Å². The van der Waals surface area contributed by atoms with Crippen molar-refractivity contribution in [2.45, 2.75) is 24.8 Å². The molecule has 4 rings (SSSR count). The van der Waals surface area contributed by atoms with Gasteiger partial charge in [-0.05, 0) is 49.7 Å². The summed E-state index contributed by atoms with van der Waals surface area (Å²) in [5.41, 5.74) is 2.55. The Morgan fingerprint density at radius 3 is 2.08 bits per heavy atom. The van der Waals surface area contributed by atoms with E-state index in [9.17, 15) is 16.8 Å². The molecule has 1 heterocycles. The lowest BCUT2D eigenvalue weighted by molar-refractivity contribution is 0.413. The minimum atomic E-state index is -4.01. The zero-order valence-corrected chi connectivity index (χ0v) is 23.4. The maximum absolute atomic E-state index is 13.7. The smallest absolute Gasteiger partial charge is 0.243 e. The fourth-order valence-electron chi connectivity index (χ4n) is 4.49. The molecule has 3 aromatic rings. The SMILES string of the molecule is CCS(=O)(=O)Nc1ccc(N2CCN(c3ccccc3OC)CC2)c(S(=O)(=O)NC(C)c2ccccc2)c1. The molecule has 0 aromatic heterocycles. The number of para-hydroxylation sites is 2. The number of nitrogens with one attached hydrogen (secondary N) is 2. The van der Waals surface area contributed by atoms with E-state index in [4.69, 9.17) is 4.74 Å². The normalized spacial score (nSPS) is 15.2. The van der Waals surface area contributed by atoms with Gasteiger partial charge in [-0.1, -0.05) is 42.5 Å². The van der Waals surface area contributed by atoms with Gasteiger partial charge in [0.15, 0.2) is 0 Å². The van der Waals surface area contributed by atoms with Crippen molar-refractivity contribution in [1.82, 2.24) is 4.72 Å². The molecular weight excluding hydrogens is 524 g/mol. The number of nitrogens with zero attached hydrogens (tertiary/aromatic N) is 2. The number of piperazine rings is 1. The van der Waals surface area contributed by atoms with Gasteiger partial charge in [-0.25, -0.2) is 21.6 Å². The summed E-state index contributed by atoms with van der Waals surface area (Å²) in [6.45, 7) is 5.79. The number of hydrogen-bond donors (Lipinski definition) is 2. The lowest BCUT2D eigenvalue weighted by Crippen LogP contribution is -2.47. The number of rotatable bonds is 10. The molecule has 3 aromatic carbocycles. The van der Waals surface area contributed by atoms with Crippen molar-refractivity contribution in [3.8, 4) is 5.75 Å². The fraction of sp³-hybridized carbons (Fsp3) is 0.333. The summed E-state index contributed by atoms with van der Waals surface area (Å²) >= 11 is 0. The molecule has 1 aliphatic heterocycles. The predicted molar refractivity (Wildman–Crippen MR) is 152 cm³/mol. The van der Waals surface area contributed by atoms with E-state index in [1.54, 1.807) is 26.2 Å². The molecule has 0 spiro atoms. The van der Waals surface area contributed by atoms with Crippen LogP contribution in [0.5, 0.6) is 5.75 Å². The number of sulfonamides is 2. The van der Waals surface area contributed by atoms with Gasteiger partial charge < -0.3 is 14.5 Å². The minimum Gasteiger partial charge on any atom is -0.495 e. The molecule has 0 bridgehead atoms. The van der Waals surface area contributed by atoms with Gasteiger partial charge in [-0.15, -0.1) is 0 Å². The van der Waals surface area contributed by atoms with Crippen LogP contribution in [0, 0.1) is 0 Å². The first kappa shape index (κ1) is 27.7. The highest BCUT2D eigenvalue weighted by atomic mass is 32.2. The molecule has 1 fully saturated rings. The fourth-order valence-corrected chi connectivity index (χ4v) is 6.60. The van der Waals surface area contributed by atoms with Gasteiger partial charge in [0.25, 0.3) is 0 Å². The number of methoxy groups -OCH3 is 1.